The van der Waals surface area contributed by atoms with Crippen LogP contribution in [-0.4, -0.2) is 17.8 Å². The molecule has 0 aromatic heterocycles. The van der Waals surface area contributed by atoms with Crippen LogP contribution in [0.3, 0.4) is 0 Å². The monoisotopic (exact) mass is 235 g/mol. The predicted molar refractivity (Wildman–Crippen MR) is 72.8 cm³/mol. The molecule has 0 amide bonds. The minimum atomic E-state index is 0.249. The second-order valence-electron chi connectivity index (χ2n) is 5.26. The second kappa shape index (κ2) is 7.46. The Hall–Kier alpha value is -0.860. The first-order valence-electron chi connectivity index (χ1n) is 6.51. The van der Waals surface area contributed by atoms with Gasteiger partial charge in [-0.25, -0.2) is 0 Å². The maximum absolute atomic E-state index is 9.28. The van der Waals surface area contributed by atoms with E-state index in [-0.39, 0.29) is 6.61 Å². The van der Waals surface area contributed by atoms with Crippen LogP contribution in [0.25, 0.3) is 0 Å². The summed E-state index contributed by atoms with van der Waals surface area (Å²) in [4.78, 5) is 0. The summed E-state index contributed by atoms with van der Waals surface area (Å²) in [5.41, 5.74) is 1.30. The molecule has 17 heavy (non-hydrogen) atoms. The number of rotatable bonds is 7. The van der Waals surface area contributed by atoms with E-state index >= 15 is 0 Å². The van der Waals surface area contributed by atoms with Crippen LogP contribution in [0.15, 0.2) is 30.3 Å². The van der Waals surface area contributed by atoms with E-state index < -0.39 is 0 Å². The molecule has 0 bridgehead atoms. The number of aliphatic hydroxyl groups is 1. The third-order valence-electron chi connectivity index (χ3n) is 3.11. The number of aliphatic hydroxyl groups excluding tert-OH is 1. The van der Waals surface area contributed by atoms with Gasteiger partial charge in [-0.3, -0.25) is 0 Å². The van der Waals surface area contributed by atoms with Crippen molar-refractivity contribution < 1.29 is 5.11 Å². The molecular formula is C15H25NO. The van der Waals surface area contributed by atoms with E-state index in [1.807, 2.05) is 6.07 Å². The summed E-state index contributed by atoms with van der Waals surface area (Å²) in [5, 5.41) is 12.8. The Kier molecular flexibility index (Phi) is 6.23. The molecule has 0 aliphatic heterocycles. The van der Waals surface area contributed by atoms with Crippen molar-refractivity contribution in [3.63, 3.8) is 0 Å². The summed E-state index contributed by atoms with van der Waals surface area (Å²) in [7, 11) is 0. The Morgan fingerprint density at radius 1 is 1.12 bits per heavy atom. The van der Waals surface area contributed by atoms with Crippen LogP contribution in [0, 0.1) is 11.8 Å². The van der Waals surface area contributed by atoms with Gasteiger partial charge in [-0.15, -0.1) is 0 Å². The van der Waals surface area contributed by atoms with E-state index in [0.717, 1.165) is 13.0 Å². The first kappa shape index (κ1) is 14.2. The average molecular weight is 235 g/mol. The predicted octanol–water partition coefficient (Wildman–Crippen LogP) is 2.82. The fourth-order valence-corrected chi connectivity index (χ4v) is 2.00. The minimum absolute atomic E-state index is 0.249. The fraction of sp³-hybridized carbons (Fsp3) is 0.600. The van der Waals surface area contributed by atoms with Gasteiger partial charge in [0.15, 0.2) is 0 Å². The molecule has 0 unspecified atom stereocenters. The molecule has 2 N–H and O–H groups in total. The van der Waals surface area contributed by atoms with Crippen molar-refractivity contribution in [2.24, 2.45) is 11.8 Å². The summed E-state index contributed by atoms with van der Waals surface area (Å²) < 4.78 is 0. The average Bonchev–Trinajstić information content (AvgIpc) is 2.34. The largest absolute Gasteiger partial charge is 0.396 e. The molecule has 96 valence electrons. The van der Waals surface area contributed by atoms with Gasteiger partial charge in [0.05, 0.1) is 0 Å². The summed E-state index contributed by atoms with van der Waals surface area (Å²) in [6.45, 7) is 7.68. The highest BCUT2D eigenvalue weighted by Crippen LogP contribution is 2.13. The smallest absolute Gasteiger partial charge is 0.0471 e. The molecule has 2 atom stereocenters. The van der Waals surface area contributed by atoms with Crippen molar-refractivity contribution in [3.05, 3.63) is 35.9 Å². The first-order valence-corrected chi connectivity index (χ1v) is 6.51. The van der Waals surface area contributed by atoms with Gasteiger partial charge in [-0.1, -0.05) is 51.1 Å². The molecule has 0 radical (unpaired) electrons. The fourth-order valence-electron chi connectivity index (χ4n) is 2.00. The van der Waals surface area contributed by atoms with Gasteiger partial charge in [-0.05, 0) is 23.8 Å². The zero-order valence-corrected chi connectivity index (χ0v) is 11.2. The first-order chi connectivity index (χ1) is 8.13. The quantitative estimate of drug-likeness (QED) is 0.761. The maximum atomic E-state index is 9.28. The number of hydrogen-bond donors (Lipinski definition) is 2. The van der Waals surface area contributed by atoms with Gasteiger partial charge < -0.3 is 10.4 Å². The van der Waals surface area contributed by atoms with E-state index in [4.69, 9.17) is 0 Å². The van der Waals surface area contributed by atoms with Crippen LogP contribution in [0.1, 0.15) is 32.8 Å². The zero-order chi connectivity index (χ0) is 12.7. The van der Waals surface area contributed by atoms with Crippen molar-refractivity contribution in [2.75, 3.05) is 6.61 Å². The third-order valence-corrected chi connectivity index (χ3v) is 3.11. The van der Waals surface area contributed by atoms with Gasteiger partial charge in [0, 0.05) is 19.2 Å². The highest BCUT2D eigenvalue weighted by Gasteiger charge is 2.17. The highest BCUT2D eigenvalue weighted by molar-refractivity contribution is 5.14. The van der Waals surface area contributed by atoms with E-state index in [1.165, 1.54) is 5.56 Å². The molecule has 0 aliphatic carbocycles. The molecule has 0 saturated heterocycles. The van der Waals surface area contributed by atoms with Crippen LogP contribution in [0.4, 0.5) is 0 Å². The van der Waals surface area contributed by atoms with E-state index in [0.29, 0.717) is 17.9 Å². The SMILES string of the molecule is CC(C)C[C@H](NCc1ccccc1)[C@H](C)CO. The van der Waals surface area contributed by atoms with Crippen LogP contribution in [0.2, 0.25) is 0 Å². The molecule has 1 rings (SSSR count). The lowest BCUT2D eigenvalue weighted by molar-refractivity contribution is 0.188. The molecule has 2 nitrogen and oxygen atoms in total. The summed E-state index contributed by atoms with van der Waals surface area (Å²) >= 11 is 0. The van der Waals surface area contributed by atoms with Crippen LogP contribution < -0.4 is 5.32 Å². The molecule has 0 heterocycles. The molecule has 0 fully saturated rings. The molecule has 0 saturated carbocycles. The van der Waals surface area contributed by atoms with Gasteiger partial charge in [0.1, 0.15) is 0 Å². The Morgan fingerprint density at radius 3 is 2.29 bits per heavy atom. The number of nitrogens with one attached hydrogen (secondary N) is 1. The van der Waals surface area contributed by atoms with E-state index in [1.54, 1.807) is 0 Å². The Labute approximate surface area is 105 Å². The Balaban J connectivity index is 2.49. The molecule has 1 aromatic rings. The summed E-state index contributed by atoms with van der Waals surface area (Å²) in [6, 6.07) is 10.8. The second-order valence-corrected chi connectivity index (χ2v) is 5.26. The van der Waals surface area contributed by atoms with Crippen LogP contribution >= 0.6 is 0 Å². The van der Waals surface area contributed by atoms with Crippen molar-refractivity contribution >= 4 is 0 Å². The van der Waals surface area contributed by atoms with Crippen molar-refractivity contribution in [1.29, 1.82) is 0 Å². The number of hydrogen-bond acceptors (Lipinski definition) is 2. The molecule has 1 aromatic carbocycles. The van der Waals surface area contributed by atoms with Gasteiger partial charge in [0.25, 0.3) is 0 Å². The van der Waals surface area contributed by atoms with Gasteiger partial charge >= 0.3 is 0 Å². The number of benzene rings is 1. The van der Waals surface area contributed by atoms with Crippen molar-refractivity contribution in [2.45, 2.75) is 39.8 Å². The van der Waals surface area contributed by atoms with E-state index in [2.05, 4.69) is 50.4 Å². The topological polar surface area (TPSA) is 32.3 Å². The van der Waals surface area contributed by atoms with Crippen LogP contribution in [0.5, 0.6) is 0 Å². The lowest BCUT2D eigenvalue weighted by Gasteiger charge is -2.25. The third kappa shape index (κ3) is 5.33. The molecule has 2 heteroatoms. The Morgan fingerprint density at radius 2 is 1.76 bits per heavy atom. The molecule has 0 aliphatic rings. The van der Waals surface area contributed by atoms with Gasteiger partial charge in [-0.2, -0.15) is 0 Å². The lowest BCUT2D eigenvalue weighted by atomic mass is 9.93. The normalized spacial score (nSPS) is 14.9. The highest BCUT2D eigenvalue weighted by atomic mass is 16.3. The zero-order valence-electron chi connectivity index (χ0n) is 11.2. The van der Waals surface area contributed by atoms with Crippen molar-refractivity contribution in [1.82, 2.24) is 5.32 Å². The standard InChI is InChI=1S/C15H25NO/c1-12(2)9-15(13(3)11-17)16-10-14-7-5-4-6-8-14/h4-8,12-13,15-17H,9-11H2,1-3H3/t13-,15+/m1/s1. The van der Waals surface area contributed by atoms with Crippen molar-refractivity contribution in [3.8, 4) is 0 Å². The molecule has 0 spiro atoms. The Bertz CT molecular complexity index is 297. The maximum Gasteiger partial charge on any atom is 0.0471 e. The lowest BCUT2D eigenvalue weighted by Crippen LogP contribution is -2.37. The van der Waals surface area contributed by atoms with Gasteiger partial charge in [0.2, 0.25) is 0 Å². The summed E-state index contributed by atoms with van der Waals surface area (Å²) in [5.74, 6) is 0.957. The summed E-state index contributed by atoms with van der Waals surface area (Å²) in [6.07, 6.45) is 1.11. The van der Waals surface area contributed by atoms with Crippen LogP contribution in [-0.2, 0) is 6.54 Å². The minimum Gasteiger partial charge on any atom is -0.396 e. The van der Waals surface area contributed by atoms with E-state index in [9.17, 15) is 5.11 Å². The molecular weight excluding hydrogens is 210 g/mol.